The van der Waals surface area contributed by atoms with Gasteiger partial charge in [-0.2, -0.15) is 5.26 Å². The first-order chi connectivity index (χ1) is 8.52. The van der Waals surface area contributed by atoms with Gasteiger partial charge in [0.15, 0.2) is 5.82 Å². The Hall–Kier alpha value is -2.49. The summed E-state index contributed by atoms with van der Waals surface area (Å²) in [6.45, 7) is 1.68. The number of carboxylic acid groups (broad SMARTS) is 1. The lowest BCUT2D eigenvalue weighted by molar-refractivity contribution is -0.141. The smallest absolute Gasteiger partial charge is 0.308 e. The summed E-state index contributed by atoms with van der Waals surface area (Å²) < 4.78 is 0. The Labute approximate surface area is 103 Å². The van der Waals surface area contributed by atoms with E-state index in [0.717, 1.165) is 0 Å². The highest BCUT2D eigenvalue weighted by atomic mass is 16.4. The number of hydrogen-bond acceptors (Lipinski definition) is 5. The number of nitrogens with zero attached hydrogens (tertiary/aromatic N) is 4. The number of nitriles is 1. The van der Waals surface area contributed by atoms with Gasteiger partial charge in [0.2, 0.25) is 5.91 Å². The molecule has 92 valence electrons. The summed E-state index contributed by atoms with van der Waals surface area (Å²) in [7, 11) is 0. The quantitative estimate of drug-likeness (QED) is 0.792. The Morgan fingerprint density at radius 1 is 1.67 bits per heavy atom. The van der Waals surface area contributed by atoms with Gasteiger partial charge in [0.05, 0.1) is 12.1 Å². The second-order valence-electron chi connectivity index (χ2n) is 4.01. The van der Waals surface area contributed by atoms with E-state index in [1.165, 1.54) is 11.1 Å². The predicted octanol–water partition coefficient (Wildman–Crippen LogP) is 0.0942. The van der Waals surface area contributed by atoms with Crippen molar-refractivity contribution in [2.75, 3.05) is 11.4 Å². The zero-order chi connectivity index (χ0) is 13.3. The molecule has 1 unspecified atom stereocenters. The fraction of sp³-hybridized carbons (Fsp3) is 0.364. The van der Waals surface area contributed by atoms with Crippen LogP contribution in [0.2, 0.25) is 0 Å². The van der Waals surface area contributed by atoms with E-state index >= 15 is 0 Å². The van der Waals surface area contributed by atoms with Crippen LogP contribution in [0.25, 0.3) is 0 Å². The fourth-order valence-electron chi connectivity index (χ4n) is 1.82. The van der Waals surface area contributed by atoms with Gasteiger partial charge in [-0.05, 0) is 6.92 Å². The second-order valence-corrected chi connectivity index (χ2v) is 4.01. The fourth-order valence-corrected chi connectivity index (χ4v) is 1.82. The lowest BCUT2D eigenvalue weighted by Crippen LogP contribution is -2.28. The lowest BCUT2D eigenvalue weighted by atomic mass is 10.1. The molecule has 1 aliphatic heterocycles. The molecular weight excluding hydrogens is 236 g/mol. The number of aliphatic carboxylic acids is 1. The Morgan fingerprint density at radius 3 is 2.94 bits per heavy atom. The van der Waals surface area contributed by atoms with Crippen molar-refractivity contribution in [1.82, 2.24) is 9.97 Å². The highest BCUT2D eigenvalue weighted by Crippen LogP contribution is 2.25. The molecular formula is C11H10N4O3. The molecule has 18 heavy (non-hydrogen) atoms. The molecule has 0 aromatic carbocycles. The highest BCUT2D eigenvalue weighted by molar-refractivity contribution is 5.99. The first-order valence-corrected chi connectivity index (χ1v) is 5.30. The van der Waals surface area contributed by atoms with E-state index in [1.807, 2.05) is 6.07 Å². The standard InChI is InChI=1S/C11H10N4O3/c1-6-13-4-8(3-12)10(14-6)15-5-7(11(17)18)2-9(15)16/h4,7H,2,5H2,1H3,(H,17,18). The third kappa shape index (κ3) is 2.00. The van der Waals surface area contributed by atoms with Crippen molar-refractivity contribution >= 4 is 17.7 Å². The molecule has 0 radical (unpaired) electrons. The van der Waals surface area contributed by atoms with Crippen LogP contribution < -0.4 is 4.90 Å². The van der Waals surface area contributed by atoms with Crippen molar-refractivity contribution in [1.29, 1.82) is 5.26 Å². The number of hydrogen-bond donors (Lipinski definition) is 1. The van der Waals surface area contributed by atoms with Gasteiger partial charge in [0, 0.05) is 13.0 Å². The third-order valence-electron chi connectivity index (χ3n) is 2.74. The summed E-state index contributed by atoms with van der Waals surface area (Å²) in [5, 5.41) is 17.8. The number of carbonyl (C=O) groups excluding carboxylic acids is 1. The molecule has 0 aliphatic carbocycles. The van der Waals surface area contributed by atoms with Crippen molar-refractivity contribution < 1.29 is 14.7 Å². The van der Waals surface area contributed by atoms with Crippen molar-refractivity contribution in [3.8, 4) is 6.07 Å². The zero-order valence-corrected chi connectivity index (χ0v) is 9.62. The first kappa shape index (κ1) is 12.0. The molecule has 1 aromatic rings. The summed E-state index contributed by atoms with van der Waals surface area (Å²) in [6.07, 6.45) is 1.27. The second kappa shape index (κ2) is 4.41. The van der Waals surface area contributed by atoms with Gasteiger partial charge >= 0.3 is 5.97 Å². The summed E-state index contributed by atoms with van der Waals surface area (Å²) in [4.78, 5) is 31.8. The van der Waals surface area contributed by atoms with Gasteiger partial charge in [0.25, 0.3) is 0 Å². The van der Waals surface area contributed by atoms with Gasteiger partial charge in [-0.3, -0.25) is 14.5 Å². The summed E-state index contributed by atoms with van der Waals surface area (Å²) >= 11 is 0. The minimum absolute atomic E-state index is 0.0410. The number of carboxylic acids is 1. The van der Waals surface area contributed by atoms with Crippen LogP contribution in [0.4, 0.5) is 5.82 Å². The molecule has 0 saturated carbocycles. The van der Waals surface area contributed by atoms with Crippen LogP contribution in [0.3, 0.4) is 0 Å². The molecule has 1 amide bonds. The van der Waals surface area contributed by atoms with Crippen molar-refractivity contribution in [2.24, 2.45) is 5.92 Å². The predicted molar refractivity (Wildman–Crippen MR) is 59.6 cm³/mol. The Kier molecular flexibility index (Phi) is 2.93. The third-order valence-corrected chi connectivity index (χ3v) is 2.74. The van der Waals surface area contributed by atoms with Gasteiger partial charge in [0.1, 0.15) is 17.5 Å². The molecule has 1 N–H and O–H groups in total. The molecule has 1 fully saturated rings. The Morgan fingerprint density at radius 2 is 2.39 bits per heavy atom. The van der Waals surface area contributed by atoms with E-state index in [1.54, 1.807) is 6.92 Å². The van der Waals surface area contributed by atoms with Crippen LogP contribution in [0.15, 0.2) is 6.20 Å². The Balaban J connectivity index is 2.38. The van der Waals surface area contributed by atoms with Crippen molar-refractivity contribution in [3.63, 3.8) is 0 Å². The molecule has 1 atom stereocenters. The van der Waals surface area contributed by atoms with Crippen molar-refractivity contribution in [2.45, 2.75) is 13.3 Å². The summed E-state index contributed by atoms with van der Waals surface area (Å²) in [5.41, 5.74) is 0.167. The summed E-state index contributed by atoms with van der Waals surface area (Å²) in [5.74, 6) is -1.49. The average molecular weight is 246 g/mol. The van der Waals surface area contributed by atoms with E-state index in [9.17, 15) is 9.59 Å². The van der Waals surface area contributed by atoms with Crippen LogP contribution in [0.5, 0.6) is 0 Å². The lowest BCUT2D eigenvalue weighted by Gasteiger charge is -2.16. The molecule has 7 nitrogen and oxygen atoms in total. The van der Waals surface area contributed by atoms with E-state index in [4.69, 9.17) is 10.4 Å². The molecule has 2 heterocycles. The summed E-state index contributed by atoms with van der Waals surface area (Å²) in [6, 6.07) is 1.90. The number of aromatic nitrogens is 2. The molecule has 7 heteroatoms. The van der Waals surface area contributed by atoms with Crippen LogP contribution in [0, 0.1) is 24.2 Å². The Bertz CT molecular complexity index is 564. The number of aryl methyl sites for hydroxylation is 1. The van der Waals surface area contributed by atoms with Crippen LogP contribution in [0.1, 0.15) is 17.8 Å². The van der Waals surface area contributed by atoms with Crippen LogP contribution in [-0.2, 0) is 9.59 Å². The normalized spacial score (nSPS) is 18.8. The molecule has 0 bridgehead atoms. The zero-order valence-electron chi connectivity index (χ0n) is 9.62. The number of rotatable bonds is 2. The molecule has 1 aromatic heterocycles. The monoisotopic (exact) mass is 246 g/mol. The number of carbonyl (C=O) groups is 2. The van der Waals surface area contributed by atoms with Gasteiger partial charge in [-0.15, -0.1) is 0 Å². The van der Waals surface area contributed by atoms with Gasteiger partial charge in [-0.25, -0.2) is 9.97 Å². The van der Waals surface area contributed by atoms with E-state index in [-0.39, 0.29) is 30.3 Å². The maximum Gasteiger partial charge on any atom is 0.308 e. The molecule has 2 rings (SSSR count). The number of anilines is 1. The molecule has 1 saturated heterocycles. The first-order valence-electron chi connectivity index (χ1n) is 5.30. The SMILES string of the molecule is Cc1ncc(C#N)c(N2CC(C(=O)O)CC2=O)n1. The highest BCUT2D eigenvalue weighted by Gasteiger charge is 2.36. The number of amides is 1. The molecule has 0 spiro atoms. The largest absolute Gasteiger partial charge is 0.481 e. The maximum absolute atomic E-state index is 11.8. The molecule has 1 aliphatic rings. The minimum atomic E-state index is -1.02. The maximum atomic E-state index is 11.8. The average Bonchev–Trinajstić information content (AvgIpc) is 2.71. The van der Waals surface area contributed by atoms with Crippen molar-refractivity contribution in [3.05, 3.63) is 17.6 Å². The van der Waals surface area contributed by atoms with Crippen LogP contribution in [-0.4, -0.2) is 33.5 Å². The van der Waals surface area contributed by atoms with Gasteiger partial charge < -0.3 is 5.11 Å². The van der Waals surface area contributed by atoms with E-state index < -0.39 is 11.9 Å². The van der Waals surface area contributed by atoms with E-state index in [0.29, 0.717) is 5.82 Å². The topological polar surface area (TPSA) is 107 Å². The van der Waals surface area contributed by atoms with E-state index in [2.05, 4.69) is 9.97 Å². The van der Waals surface area contributed by atoms with Gasteiger partial charge in [-0.1, -0.05) is 0 Å². The minimum Gasteiger partial charge on any atom is -0.481 e. The van der Waals surface area contributed by atoms with Crippen LogP contribution >= 0.6 is 0 Å².